The fourth-order valence-electron chi connectivity index (χ4n) is 2.63. The first kappa shape index (κ1) is 17.3. The van der Waals surface area contributed by atoms with Gasteiger partial charge in [0.05, 0.1) is 24.4 Å². The van der Waals surface area contributed by atoms with Crippen LogP contribution in [0, 0.1) is 0 Å². The molecule has 0 radical (unpaired) electrons. The Hall–Kier alpha value is -2.57. The number of nitrogens with one attached hydrogen (secondary N) is 2. The highest BCUT2D eigenvalue weighted by atomic mass is 35.5. The second-order valence-corrected chi connectivity index (χ2v) is 5.87. The number of nitrogens with zero attached hydrogens (tertiary/aromatic N) is 1. The van der Waals surface area contributed by atoms with Gasteiger partial charge in [0.1, 0.15) is 17.6 Å². The second-order valence-electron chi connectivity index (χ2n) is 5.46. The molecule has 0 bridgehead atoms. The lowest BCUT2D eigenvalue weighted by molar-refractivity contribution is -0.123. The summed E-state index contributed by atoms with van der Waals surface area (Å²) in [5, 5.41) is 15.3. The summed E-state index contributed by atoms with van der Waals surface area (Å²) in [4.78, 5) is 17.1. The van der Waals surface area contributed by atoms with Crippen molar-refractivity contribution in [2.45, 2.75) is 6.04 Å². The van der Waals surface area contributed by atoms with Gasteiger partial charge >= 0.3 is 0 Å². The average molecular weight is 360 g/mol. The quantitative estimate of drug-likeness (QED) is 0.764. The van der Waals surface area contributed by atoms with Crippen molar-refractivity contribution in [2.75, 3.05) is 20.3 Å². The Kier molecular flexibility index (Phi) is 5.21. The monoisotopic (exact) mass is 359 g/mol. The molecule has 0 fully saturated rings. The fourth-order valence-corrected chi connectivity index (χ4v) is 2.85. The minimum absolute atomic E-state index is 0.125. The van der Waals surface area contributed by atoms with E-state index in [-0.39, 0.29) is 19.1 Å². The number of hydrogen-bond donors (Lipinski definition) is 3. The van der Waals surface area contributed by atoms with Gasteiger partial charge in [-0.15, -0.1) is 0 Å². The highest BCUT2D eigenvalue weighted by molar-refractivity contribution is 6.33. The lowest BCUT2D eigenvalue weighted by Gasteiger charge is -2.27. The van der Waals surface area contributed by atoms with E-state index in [0.717, 1.165) is 11.3 Å². The molecule has 1 unspecified atom stereocenters. The molecule has 1 heterocycles. The lowest BCUT2D eigenvalue weighted by atomic mass is 10.0. The Labute approximate surface area is 150 Å². The van der Waals surface area contributed by atoms with Gasteiger partial charge in [0.2, 0.25) is 5.91 Å². The maximum atomic E-state index is 12.5. The number of ether oxygens (including phenoxy) is 1. The van der Waals surface area contributed by atoms with E-state index in [1.165, 1.54) is 0 Å². The summed E-state index contributed by atoms with van der Waals surface area (Å²) in [6.07, 6.45) is 0. The van der Waals surface area contributed by atoms with Gasteiger partial charge in [-0.3, -0.25) is 4.79 Å². The van der Waals surface area contributed by atoms with Gasteiger partial charge in [-0.05, 0) is 30.3 Å². The summed E-state index contributed by atoms with van der Waals surface area (Å²) >= 11 is 6.29. The minimum atomic E-state index is -0.644. The molecule has 130 valence electrons. The molecule has 3 N–H and O–H groups in total. The summed E-state index contributed by atoms with van der Waals surface area (Å²) in [6, 6.07) is 12.0. The molecular weight excluding hydrogens is 342 g/mol. The third-order valence-corrected chi connectivity index (χ3v) is 4.18. The van der Waals surface area contributed by atoms with E-state index in [1.54, 1.807) is 19.2 Å². The second kappa shape index (κ2) is 7.55. The molecule has 6 nitrogen and oxygen atoms in total. The van der Waals surface area contributed by atoms with E-state index in [0.29, 0.717) is 22.1 Å². The van der Waals surface area contributed by atoms with Gasteiger partial charge in [0, 0.05) is 17.7 Å². The topological polar surface area (TPSA) is 83.0 Å². The fraction of sp³-hybridized carbons (Fsp3) is 0.222. The first-order valence-electron chi connectivity index (χ1n) is 7.80. The van der Waals surface area contributed by atoms with Crippen LogP contribution in [-0.2, 0) is 4.79 Å². The highest BCUT2D eigenvalue weighted by Gasteiger charge is 2.29. The first-order chi connectivity index (χ1) is 12.1. The van der Waals surface area contributed by atoms with Crippen molar-refractivity contribution in [3.8, 4) is 5.75 Å². The standard InChI is InChI=1S/C18H18ClN3O3/c1-25-12-7-5-11(6-8-12)17-21-15-13(3-2-4-14(15)19)16(22-17)18(24)20-9-10-23/h2-8,16,23H,9-10H2,1H3,(H,20,24)(H,21,22). The van der Waals surface area contributed by atoms with Crippen molar-refractivity contribution in [1.82, 2.24) is 10.6 Å². The molecule has 0 saturated carbocycles. The number of aliphatic imine (C=N–C) groups is 1. The molecule has 2 aromatic rings. The van der Waals surface area contributed by atoms with Crippen LogP contribution < -0.4 is 15.4 Å². The van der Waals surface area contributed by atoms with E-state index >= 15 is 0 Å². The third kappa shape index (κ3) is 3.60. The van der Waals surface area contributed by atoms with Crippen LogP contribution in [0.2, 0.25) is 5.02 Å². The molecule has 7 heteroatoms. The molecule has 1 amide bonds. The summed E-state index contributed by atoms with van der Waals surface area (Å²) in [5.74, 6) is 1.03. The zero-order valence-corrected chi connectivity index (χ0v) is 14.4. The van der Waals surface area contributed by atoms with Crippen LogP contribution in [0.3, 0.4) is 0 Å². The number of amidine groups is 1. The summed E-state index contributed by atoms with van der Waals surface area (Å²) in [7, 11) is 1.60. The van der Waals surface area contributed by atoms with E-state index in [4.69, 9.17) is 21.4 Å². The molecule has 2 aromatic carbocycles. The number of carbonyl (C=O) groups is 1. The molecule has 0 saturated heterocycles. The summed E-state index contributed by atoms with van der Waals surface area (Å²) in [6.45, 7) is 0.0578. The number of aliphatic hydroxyl groups excluding tert-OH is 1. The van der Waals surface area contributed by atoms with Gasteiger partial charge in [-0.1, -0.05) is 23.7 Å². The predicted octanol–water partition coefficient (Wildman–Crippen LogP) is 2.18. The number of benzene rings is 2. The molecule has 0 aliphatic carbocycles. The van der Waals surface area contributed by atoms with Crippen LogP contribution in [0.5, 0.6) is 5.75 Å². The number of para-hydroxylation sites is 1. The highest BCUT2D eigenvalue weighted by Crippen LogP contribution is 2.36. The van der Waals surface area contributed by atoms with Crippen LogP contribution in [0.25, 0.3) is 0 Å². The zero-order valence-electron chi connectivity index (χ0n) is 13.6. The third-order valence-electron chi connectivity index (χ3n) is 3.87. The predicted molar refractivity (Wildman–Crippen MR) is 96.6 cm³/mol. The molecule has 0 spiro atoms. The van der Waals surface area contributed by atoms with Crippen molar-refractivity contribution in [1.29, 1.82) is 0 Å². The van der Waals surface area contributed by atoms with Crippen molar-refractivity contribution in [2.24, 2.45) is 4.99 Å². The van der Waals surface area contributed by atoms with E-state index < -0.39 is 6.04 Å². The van der Waals surface area contributed by atoms with Crippen LogP contribution in [-0.4, -0.2) is 37.1 Å². The largest absolute Gasteiger partial charge is 0.497 e. The molecule has 25 heavy (non-hydrogen) atoms. The minimum Gasteiger partial charge on any atom is -0.497 e. The molecule has 3 rings (SSSR count). The Morgan fingerprint density at radius 1 is 1.32 bits per heavy atom. The van der Waals surface area contributed by atoms with Crippen LogP contribution in [0.15, 0.2) is 47.5 Å². The van der Waals surface area contributed by atoms with Gasteiger partial charge in [0.25, 0.3) is 0 Å². The van der Waals surface area contributed by atoms with Crippen LogP contribution in [0.1, 0.15) is 17.2 Å². The molecule has 1 aliphatic rings. The number of hydrogen-bond acceptors (Lipinski definition) is 5. The lowest BCUT2D eigenvalue weighted by Crippen LogP contribution is -2.43. The number of aliphatic hydroxyl groups is 1. The number of rotatable bonds is 5. The van der Waals surface area contributed by atoms with Crippen molar-refractivity contribution < 1.29 is 14.6 Å². The maximum Gasteiger partial charge on any atom is 0.247 e. The molecule has 1 aliphatic heterocycles. The van der Waals surface area contributed by atoms with Crippen molar-refractivity contribution >= 4 is 29.0 Å². The van der Waals surface area contributed by atoms with E-state index in [9.17, 15) is 4.79 Å². The van der Waals surface area contributed by atoms with Gasteiger partial charge in [-0.2, -0.15) is 0 Å². The molecule has 1 atom stereocenters. The normalized spacial score (nSPS) is 15.6. The van der Waals surface area contributed by atoms with E-state index in [1.807, 2.05) is 30.3 Å². The smallest absolute Gasteiger partial charge is 0.247 e. The van der Waals surface area contributed by atoms with Gasteiger partial charge in [0.15, 0.2) is 0 Å². The first-order valence-corrected chi connectivity index (χ1v) is 8.18. The average Bonchev–Trinajstić information content (AvgIpc) is 2.66. The Balaban J connectivity index is 2.00. The van der Waals surface area contributed by atoms with E-state index in [2.05, 4.69) is 15.6 Å². The van der Waals surface area contributed by atoms with Crippen molar-refractivity contribution in [3.63, 3.8) is 0 Å². The van der Waals surface area contributed by atoms with Crippen LogP contribution >= 0.6 is 11.6 Å². The molecule has 0 aromatic heterocycles. The summed E-state index contributed by atoms with van der Waals surface area (Å²) < 4.78 is 5.17. The van der Waals surface area contributed by atoms with Gasteiger partial charge < -0.3 is 20.5 Å². The number of carbonyl (C=O) groups excluding carboxylic acids is 1. The number of methoxy groups -OCH3 is 1. The Morgan fingerprint density at radius 2 is 2.08 bits per heavy atom. The maximum absolute atomic E-state index is 12.5. The SMILES string of the molecule is COc1ccc(C2=Nc3c(Cl)cccc3C(C(=O)NCCO)N2)cc1. The van der Waals surface area contributed by atoms with Crippen molar-refractivity contribution in [3.05, 3.63) is 58.6 Å². The number of amides is 1. The Morgan fingerprint density at radius 3 is 2.76 bits per heavy atom. The zero-order chi connectivity index (χ0) is 17.8. The number of halogens is 1. The molecular formula is C18H18ClN3O3. The Bertz CT molecular complexity index is 806. The number of fused-ring (bicyclic) bond motifs is 1. The van der Waals surface area contributed by atoms with Crippen LogP contribution in [0.4, 0.5) is 5.69 Å². The van der Waals surface area contributed by atoms with Gasteiger partial charge in [-0.25, -0.2) is 4.99 Å². The summed E-state index contributed by atoms with van der Waals surface area (Å²) in [5.41, 5.74) is 2.07.